The fourth-order valence-corrected chi connectivity index (χ4v) is 4.44. The van der Waals surface area contributed by atoms with Crippen molar-refractivity contribution in [3.8, 4) is 5.75 Å². The first-order valence-corrected chi connectivity index (χ1v) is 11.3. The zero-order valence-corrected chi connectivity index (χ0v) is 18.7. The monoisotopic (exact) mass is 456 g/mol. The second-order valence-corrected chi connectivity index (χ2v) is 8.56. The number of hydrogen-bond acceptors (Lipinski definition) is 7. The first-order chi connectivity index (χ1) is 15.9. The molecule has 0 unspecified atom stereocenters. The number of aliphatic hydroxyl groups is 4. The molecule has 1 saturated heterocycles. The van der Waals surface area contributed by atoms with Crippen molar-refractivity contribution in [2.24, 2.45) is 5.73 Å². The molecule has 8 nitrogen and oxygen atoms in total. The van der Waals surface area contributed by atoms with Crippen LogP contribution in [0.4, 0.5) is 0 Å². The fourth-order valence-electron chi connectivity index (χ4n) is 4.44. The maximum Gasteiger partial charge on any atom is 0.163 e. The van der Waals surface area contributed by atoms with E-state index in [1.165, 1.54) is 0 Å². The molecule has 3 aromatic rings. The lowest BCUT2D eigenvalue weighted by Gasteiger charge is -2.40. The number of hydrogen-bond donors (Lipinski definition) is 5. The van der Waals surface area contributed by atoms with E-state index < -0.39 is 37.3 Å². The van der Waals surface area contributed by atoms with Crippen molar-refractivity contribution in [3.63, 3.8) is 0 Å². The summed E-state index contributed by atoms with van der Waals surface area (Å²) in [6, 6.07) is 13.8. The molecule has 6 N–H and O–H groups in total. The highest BCUT2D eigenvalue weighted by Crippen LogP contribution is 2.35. The molecule has 0 spiro atoms. The van der Waals surface area contributed by atoms with Gasteiger partial charge < -0.3 is 40.2 Å². The summed E-state index contributed by atoms with van der Waals surface area (Å²) in [6.45, 7) is 2.74. The van der Waals surface area contributed by atoms with Crippen LogP contribution in [0.2, 0.25) is 0 Å². The lowest BCUT2D eigenvalue weighted by atomic mass is 9.98. The van der Waals surface area contributed by atoms with Crippen LogP contribution in [0.25, 0.3) is 10.9 Å². The van der Waals surface area contributed by atoms with E-state index in [-0.39, 0.29) is 0 Å². The third kappa shape index (κ3) is 4.77. The molecular weight excluding hydrogens is 424 g/mol. The van der Waals surface area contributed by atoms with Gasteiger partial charge in [0.1, 0.15) is 30.2 Å². The molecule has 178 valence electrons. The van der Waals surface area contributed by atoms with E-state index in [2.05, 4.69) is 0 Å². The molecule has 0 aliphatic carbocycles. The van der Waals surface area contributed by atoms with E-state index in [4.69, 9.17) is 15.2 Å². The van der Waals surface area contributed by atoms with Crippen LogP contribution in [-0.4, -0.2) is 69.2 Å². The Kier molecular flexibility index (Phi) is 7.33. The smallest absolute Gasteiger partial charge is 0.163 e. The van der Waals surface area contributed by atoms with Gasteiger partial charge in [-0.2, -0.15) is 0 Å². The Hall–Kier alpha value is -2.46. The molecule has 5 atom stereocenters. The maximum atomic E-state index is 10.7. The maximum absolute atomic E-state index is 10.7. The van der Waals surface area contributed by atoms with Gasteiger partial charge in [-0.05, 0) is 61.2 Å². The topological polar surface area (TPSA) is 130 Å². The van der Waals surface area contributed by atoms with Gasteiger partial charge in [0, 0.05) is 11.6 Å². The quantitative estimate of drug-likeness (QED) is 0.322. The van der Waals surface area contributed by atoms with Crippen LogP contribution in [0.1, 0.15) is 29.3 Å². The third-order valence-electron chi connectivity index (χ3n) is 6.22. The Balaban J connectivity index is 1.65. The Morgan fingerprint density at radius 3 is 2.48 bits per heavy atom. The Morgan fingerprint density at radius 1 is 1.03 bits per heavy atom. The minimum atomic E-state index is -1.43. The van der Waals surface area contributed by atoms with Crippen molar-refractivity contribution < 1.29 is 29.9 Å². The number of nitrogens with zero attached hydrogens (tertiary/aromatic N) is 1. The van der Waals surface area contributed by atoms with Gasteiger partial charge in [0.05, 0.1) is 18.7 Å². The normalized spacial score (nSPS) is 25.5. The zero-order valence-electron chi connectivity index (χ0n) is 18.7. The summed E-state index contributed by atoms with van der Waals surface area (Å²) in [5.41, 5.74) is 9.56. The molecule has 0 amide bonds. The van der Waals surface area contributed by atoms with Crippen LogP contribution >= 0.6 is 0 Å². The van der Waals surface area contributed by atoms with Gasteiger partial charge in [-0.3, -0.25) is 0 Å². The summed E-state index contributed by atoms with van der Waals surface area (Å²) < 4.78 is 13.3. The number of ether oxygens (including phenoxy) is 2. The molecule has 0 bridgehead atoms. The third-order valence-corrected chi connectivity index (χ3v) is 6.22. The highest BCUT2D eigenvalue weighted by molar-refractivity contribution is 5.87. The van der Waals surface area contributed by atoms with E-state index in [1.54, 1.807) is 4.57 Å². The number of fused-ring (bicyclic) bond motifs is 1. The summed E-state index contributed by atoms with van der Waals surface area (Å²) in [7, 11) is 0. The molecular formula is C25H32N2O6. The van der Waals surface area contributed by atoms with Gasteiger partial charge in [0.15, 0.2) is 6.23 Å². The number of aliphatic hydroxyl groups excluding tert-OH is 4. The minimum absolute atomic E-state index is 0.466. The van der Waals surface area contributed by atoms with Crippen molar-refractivity contribution in [1.29, 1.82) is 0 Å². The van der Waals surface area contributed by atoms with Crippen molar-refractivity contribution in [2.75, 3.05) is 19.8 Å². The van der Waals surface area contributed by atoms with Crippen molar-refractivity contribution in [2.45, 2.75) is 50.4 Å². The molecule has 0 radical (unpaired) electrons. The first-order valence-electron chi connectivity index (χ1n) is 11.3. The summed E-state index contributed by atoms with van der Waals surface area (Å²) in [4.78, 5) is 0. The summed E-state index contributed by atoms with van der Waals surface area (Å²) in [5.74, 6) is 0.798. The van der Waals surface area contributed by atoms with Gasteiger partial charge in [-0.15, -0.1) is 0 Å². The minimum Gasteiger partial charge on any atom is -0.494 e. The lowest BCUT2D eigenvalue weighted by molar-refractivity contribution is -0.250. The Morgan fingerprint density at radius 2 is 1.79 bits per heavy atom. The Labute approximate surface area is 192 Å². The summed E-state index contributed by atoms with van der Waals surface area (Å²) in [6.07, 6.45) is -2.73. The van der Waals surface area contributed by atoms with E-state index >= 15 is 0 Å². The standard InChI is InChI=1S/C25H32N2O6/c1-15-4-2-5-19-21(15)17(12-16-6-8-18(9-7-16)32-11-3-10-26)13-27(19)25-24(31)23(30)22(29)20(14-28)33-25/h2,4-9,13,20,22-25,28-31H,3,10-12,14,26H2,1H3/t20-,22-,23+,24-,25-/m1/s1. The van der Waals surface area contributed by atoms with Crippen LogP contribution in [-0.2, 0) is 11.2 Å². The highest BCUT2D eigenvalue weighted by atomic mass is 16.6. The predicted octanol–water partition coefficient (Wildman–Crippen LogP) is 1.24. The van der Waals surface area contributed by atoms with Crippen molar-refractivity contribution in [3.05, 3.63) is 65.4 Å². The molecule has 8 heteroatoms. The van der Waals surface area contributed by atoms with Gasteiger partial charge in [0.25, 0.3) is 0 Å². The molecule has 1 fully saturated rings. The number of rotatable bonds is 8. The van der Waals surface area contributed by atoms with E-state index in [0.29, 0.717) is 19.6 Å². The summed E-state index contributed by atoms with van der Waals surface area (Å²) >= 11 is 0. The van der Waals surface area contributed by atoms with Gasteiger partial charge in [0.2, 0.25) is 0 Å². The predicted molar refractivity (Wildman–Crippen MR) is 124 cm³/mol. The molecule has 0 saturated carbocycles. The average molecular weight is 457 g/mol. The highest BCUT2D eigenvalue weighted by Gasteiger charge is 2.44. The van der Waals surface area contributed by atoms with Crippen LogP contribution in [0.15, 0.2) is 48.7 Å². The van der Waals surface area contributed by atoms with Crippen LogP contribution in [0, 0.1) is 6.92 Å². The molecule has 2 aromatic carbocycles. The molecule has 2 heterocycles. The first kappa shape index (κ1) is 23.7. The van der Waals surface area contributed by atoms with Gasteiger partial charge >= 0.3 is 0 Å². The number of aryl methyl sites for hydroxylation is 1. The fraction of sp³-hybridized carbons (Fsp3) is 0.440. The average Bonchev–Trinajstić information content (AvgIpc) is 3.18. The van der Waals surface area contributed by atoms with Crippen molar-refractivity contribution in [1.82, 2.24) is 4.57 Å². The molecule has 1 aromatic heterocycles. The SMILES string of the molecule is Cc1cccc2c1c(Cc1ccc(OCCCN)cc1)cn2[C@@H]1O[C@H](CO)[C@@H](O)[C@H](O)[C@H]1O. The number of benzene rings is 2. The molecule has 1 aliphatic heterocycles. The van der Waals surface area contributed by atoms with Crippen molar-refractivity contribution >= 4 is 10.9 Å². The lowest BCUT2D eigenvalue weighted by Crippen LogP contribution is -2.56. The van der Waals surface area contributed by atoms with E-state index in [0.717, 1.165) is 39.8 Å². The molecule has 4 rings (SSSR count). The Bertz CT molecular complexity index is 1060. The van der Waals surface area contributed by atoms with Gasteiger partial charge in [-0.1, -0.05) is 24.3 Å². The van der Waals surface area contributed by atoms with Crippen LogP contribution in [0.3, 0.4) is 0 Å². The van der Waals surface area contributed by atoms with Gasteiger partial charge in [-0.25, -0.2) is 0 Å². The zero-order chi connectivity index (χ0) is 23.5. The van der Waals surface area contributed by atoms with Crippen LogP contribution < -0.4 is 10.5 Å². The summed E-state index contributed by atoms with van der Waals surface area (Å²) in [5, 5.41) is 41.7. The second kappa shape index (κ2) is 10.2. The van der Waals surface area contributed by atoms with E-state index in [1.807, 2.05) is 55.6 Å². The number of nitrogens with two attached hydrogens (primary N) is 1. The number of aromatic nitrogens is 1. The largest absolute Gasteiger partial charge is 0.494 e. The van der Waals surface area contributed by atoms with Crippen LogP contribution in [0.5, 0.6) is 5.75 Å². The van der Waals surface area contributed by atoms with E-state index in [9.17, 15) is 20.4 Å². The molecule has 33 heavy (non-hydrogen) atoms. The second-order valence-electron chi connectivity index (χ2n) is 8.56. The molecule has 1 aliphatic rings.